The van der Waals surface area contributed by atoms with Gasteiger partial charge in [0.15, 0.2) is 5.69 Å². The van der Waals surface area contributed by atoms with Gasteiger partial charge in [-0.1, -0.05) is 0 Å². The fraction of sp³-hybridized carbons (Fsp3) is 0.333. The minimum absolute atomic E-state index is 0.328. The van der Waals surface area contributed by atoms with E-state index < -0.39 is 0 Å². The molecule has 0 atom stereocenters. The average molecular weight is 288 g/mol. The van der Waals surface area contributed by atoms with Crippen LogP contribution in [0.1, 0.15) is 28.7 Å². The van der Waals surface area contributed by atoms with Gasteiger partial charge in [-0.15, -0.1) is 11.8 Å². The third-order valence-corrected chi connectivity index (χ3v) is 4.24. The molecule has 0 unspecified atom stereocenters. The predicted octanol–water partition coefficient (Wildman–Crippen LogP) is 2.87. The summed E-state index contributed by atoms with van der Waals surface area (Å²) in [4.78, 5) is 17.4. The van der Waals surface area contributed by atoms with E-state index in [9.17, 15) is 4.79 Å². The van der Waals surface area contributed by atoms with E-state index in [1.165, 1.54) is 10.5 Å². The molecule has 1 aromatic heterocycles. The number of nitrogens with zero attached hydrogens (tertiary/aromatic N) is 2. The second-order valence-electron chi connectivity index (χ2n) is 4.62. The molecule has 0 bridgehead atoms. The van der Waals surface area contributed by atoms with Crippen molar-refractivity contribution in [1.82, 2.24) is 9.55 Å². The Morgan fingerprint density at radius 2 is 2.30 bits per heavy atom. The molecule has 104 valence electrons. The van der Waals surface area contributed by atoms with Crippen LogP contribution in [0.2, 0.25) is 0 Å². The van der Waals surface area contributed by atoms with Gasteiger partial charge in [-0.2, -0.15) is 0 Å². The lowest BCUT2D eigenvalue weighted by molar-refractivity contribution is 0.0518. The quantitative estimate of drug-likeness (QED) is 0.643. The molecule has 20 heavy (non-hydrogen) atoms. The lowest BCUT2D eigenvalue weighted by Gasteiger charge is -2.20. The number of rotatable bonds is 3. The topological polar surface area (TPSA) is 44.1 Å². The Balaban J connectivity index is 2.03. The molecule has 0 N–H and O–H groups in total. The zero-order valence-corrected chi connectivity index (χ0v) is 12.4. The highest BCUT2D eigenvalue weighted by Crippen LogP contribution is 2.29. The number of esters is 1. The summed E-state index contributed by atoms with van der Waals surface area (Å²) in [5.74, 6) is -0.328. The van der Waals surface area contributed by atoms with Gasteiger partial charge >= 0.3 is 5.97 Å². The van der Waals surface area contributed by atoms with Crippen molar-refractivity contribution in [1.29, 1.82) is 0 Å². The van der Waals surface area contributed by atoms with E-state index in [0.717, 1.165) is 24.2 Å². The lowest BCUT2D eigenvalue weighted by Crippen LogP contribution is -2.15. The first-order chi connectivity index (χ1) is 9.74. The highest BCUT2D eigenvalue weighted by Gasteiger charge is 2.24. The van der Waals surface area contributed by atoms with Crippen molar-refractivity contribution in [3.05, 3.63) is 41.5 Å². The van der Waals surface area contributed by atoms with Gasteiger partial charge in [-0.05, 0) is 49.8 Å². The molecule has 5 heteroatoms. The molecule has 3 rings (SSSR count). The van der Waals surface area contributed by atoms with Crippen LogP contribution in [0, 0.1) is 0 Å². The van der Waals surface area contributed by atoms with Crippen LogP contribution in [-0.4, -0.2) is 28.4 Å². The van der Waals surface area contributed by atoms with E-state index in [1.807, 2.05) is 4.57 Å². The Hall–Kier alpha value is -1.75. The van der Waals surface area contributed by atoms with E-state index in [4.69, 9.17) is 4.74 Å². The number of benzene rings is 1. The number of aryl methyl sites for hydroxylation is 1. The van der Waals surface area contributed by atoms with Crippen LogP contribution < -0.4 is 0 Å². The average Bonchev–Trinajstić information content (AvgIpc) is 2.91. The minimum Gasteiger partial charge on any atom is -0.461 e. The Morgan fingerprint density at radius 1 is 1.45 bits per heavy atom. The van der Waals surface area contributed by atoms with Gasteiger partial charge in [0, 0.05) is 4.90 Å². The van der Waals surface area contributed by atoms with Gasteiger partial charge in [0.2, 0.25) is 0 Å². The lowest BCUT2D eigenvalue weighted by atomic mass is 10.0. The summed E-state index contributed by atoms with van der Waals surface area (Å²) >= 11 is 1.74. The molecule has 1 aromatic carbocycles. The highest BCUT2D eigenvalue weighted by atomic mass is 32.2. The number of fused-ring (bicyclic) bond motifs is 3. The Kier molecular flexibility index (Phi) is 3.53. The number of carbonyl (C=O) groups excluding carboxylic acids is 1. The van der Waals surface area contributed by atoms with Crippen molar-refractivity contribution >= 4 is 17.7 Å². The standard InChI is InChI=1S/C15H16N2O2S/c1-3-19-15(18)14-13-6-4-10-8-11(20-2)5-7-12(10)17(13)9-16-14/h5,7-9H,3-4,6H2,1-2H3. The molecule has 2 heterocycles. The summed E-state index contributed by atoms with van der Waals surface area (Å²) in [6, 6.07) is 6.41. The molecule has 0 aliphatic carbocycles. The van der Waals surface area contributed by atoms with E-state index in [0.29, 0.717) is 12.3 Å². The second kappa shape index (κ2) is 5.32. The van der Waals surface area contributed by atoms with E-state index >= 15 is 0 Å². The smallest absolute Gasteiger partial charge is 0.358 e. The number of ether oxygens (including phenoxy) is 1. The van der Waals surface area contributed by atoms with Crippen LogP contribution in [0.5, 0.6) is 0 Å². The van der Waals surface area contributed by atoms with E-state index in [2.05, 4.69) is 29.4 Å². The van der Waals surface area contributed by atoms with Crippen molar-refractivity contribution in [3.8, 4) is 5.69 Å². The van der Waals surface area contributed by atoms with Gasteiger partial charge < -0.3 is 9.30 Å². The molecule has 0 amide bonds. The minimum atomic E-state index is -0.328. The van der Waals surface area contributed by atoms with Crippen molar-refractivity contribution < 1.29 is 9.53 Å². The summed E-state index contributed by atoms with van der Waals surface area (Å²) in [7, 11) is 0. The van der Waals surface area contributed by atoms with Crippen LogP contribution in [-0.2, 0) is 17.6 Å². The third kappa shape index (κ3) is 2.12. The van der Waals surface area contributed by atoms with E-state index in [-0.39, 0.29) is 5.97 Å². The van der Waals surface area contributed by atoms with Crippen LogP contribution in [0.15, 0.2) is 29.4 Å². The van der Waals surface area contributed by atoms with Gasteiger partial charge in [0.25, 0.3) is 0 Å². The fourth-order valence-electron chi connectivity index (χ4n) is 2.57. The highest BCUT2D eigenvalue weighted by molar-refractivity contribution is 7.98. The maximum Gasteiger partial charge on any atom is 0.358 e. The van der Waals surface area contributed by atoms with Crippen LogP contribution in [0.4, 0.5) is 0 Å². The molecule has 1 aliphatic rings. The number of imidazole rings is 1. The summed E-state index contributed by atoms with van der Waals surface area (Å²) < 4.78 is 7.07. The maximum absolute atomic E-state index is 11.9. The number of hydrogen-bond acceptors (Lipinski definition) is 4. The van der Waals surface area contributed by atoms with Crippen molar-refractivity contribution in [2.24, 2.45) is 0 Å². The SMILES string of the molecule is CCOC(=O)c1ncn2c1CCc1cc(SC)ccc1-2. The number of hydrogen-bond donors (Lipinski definition) is 0. The fourth-order valence-corrected chi connectivity index (χ4v) is 3.03. The normalized spacial score (nSPS) is 12.7. The first-order valence-electron chi connectivity index (χ1n) is 6.65. The van der Waals surface area contributed by atoms with Gasteiger partial charge in [0.1, 0.15) is 6.33 Å². The predicted molar refractivity (Wildman–Crippen MR) is 78.7 cm³/mol. The van der Waals surface area contributed by atoms with Crippen molar-refractivity contribution in [3.63, 3.8) is 0 Å². The summed E-state index contributed by atoms with van der Waals surface area (Å²) in [6.45, 7) is 2.18. The monoisotopic (exact) mass is 288 g/mol. The summed E-state index contributed by atoms with van der Waals surface area (Å²) in [5, 5.41) is 0. The van der Waals surface area contributed by atoms with Crippen molar-refractivity contribution in [2.45, 2.75) is 24.7 Å². The Labute approximate surface area is 122 Å². The van der Waals surface area contributed by atoms with Crippen LogP contribution in [0.3, 0.4) is 0 Å². The molecule has 0 saturated carbocycles. The van der Waals surface area contributed by atoms with Gasteiger partial charge in [-0.3, -0.25) is 0 Å². The molecule has 0 saturated heterocycles. The van der Waals surface area contributed by atoms with Gasteiger partial charge in [0.05, 0.1) is 18.0 Å². The molecule has 2 aromatic rings. The Morgan fingerprint density at radius 3 is 3.05 bits per heavy atom. The Bertz CT molecular complexity index is 664. The van der Waals surface area contributed by atoms with Crippen molar-refractivity contribution in [2.75, 3.05) is 12.9 Å². The largest absolute Gasteiger partial charge is 0.461 e. The molecular formula is C15H16N2O2S. The maximum atomic E-state index is 11.9. The first-order valence-corrected chi connectivity index (χ1v) is 7.87. The number of carbonyl (C=O) groups is 1. The first kappa shape index (κ1) is 13.2. The zero-order valence-electron chi connectivity index (χ0n) is 11.5. The summed E-state index contributed by atoms with van der Waals surface area (Å²) in [6.07, 6.45) is 5.55. The third-order valence-electron chi connectivity index (χ3n) is 3.51. The second-order valence-corrected chi connectivity index (χ2v) is 5.50. The summed E-state index contributed by atoms with van der Waals surface area (Å²) in [5.41, 5.74) is 3.82. The molecule has 4 nitrogen and oxygen atoms in total. The molecular weight excluding hydrogens is 272 g/mol. The number of aromatic nitrogens is 2. The van der Waals surface area contributed by atoms with Crippen LogP contribution in [0.25, 0.3) is 5.69 Å². The number of thioether (sulfide) groups is 1. The zero-order chi connectivity index (χ0) is 14.1. The van der Waals surface area contributed by atoms with Crippen LogP contribution >= 0.6 is 11.8 Å². The van der Waals surface area contributed by atoms with E-state index in [1.54, 1.807) is 25.0 Å². The molecule has 0 radical (unpaired) electrons. The molecule has 0 spiro atoms. The van der Waals surface area contributed by atoms with Gasteiger partial charge in [-0.25, -0.2) is 9.78 Å². The molecule has 1 aliphatic heterocycles. The molecule has 0 fully saturated rings.